The maximum Gasteiger partial charge on any atom is 0.460 e. The molecule has 26 heteroatoms. The first-order chi connectivity index (χ1) is 28.2. The quantitative estimate of drug-likeness (QED) is 0.0727. The van der Waals surface area contributed by atoms with Crippen LogP contribution in [0.3, 0.4) is 0 Å². The Morgan fingerprint density at radius 1 is 0.742 bits per heavy atom. The van der Waals surface area contributed by atoms with Crippen molar-refractivity contribution in [3.8, 4) is 5.75 Å². The van der Waals surface area contributed by atoms with Crippen molar-refractivity contribution < 1.29 is 103 Å². The van der Waals surface area contributed by atoms with E-state index < -0.39 is 121 Å². The normalized spacial score (nSPS) is 23.8. The molecule has 0 spiro atoms. The second kappa shape index (κ2) is 16.8. The van der Waals surface area contributed by atoms with Crippen molar-refractivity contribution in [2.45, 2.75) is 124 Å². The highest BCUT2D eigenvalue weighted by Crippen LogP contribution is 2.64. The van der Waals surface area contributed by atoms with Crippen LogP contribution in [0.4, 0.5) is 74.6 Å². The van der Waals surface area contributed by atoms with Crippen molar-refractivity contribution in [3.63, 3.8) is 0 Å². The highest BCUT2D eigenvalue weighted by molar-refractivity contribution is 6.10. The van der Waals surface area contributed by atoms with Crippen LogP contribution in [0.2, 0.25) is 0 Å². The minimum atomic E-state index is -8.78. The molecule has 1 aromatic carbocycles. The fourth-order valence-electron chi connectivity index (χ4n) is 7.95. The maximum absolute atomic E-state index is 14.7. The van der Waals surface area contributed by atoms with Gasteiger partial charge in [0.05, 0.1) is 38.1 Å². The van der Waals surface area contributed by atoms with Gasteiger partial charge in [0, 0.05) is 19.0 Å². The summed E-state index contributed by atoms with van der Waals surface area (Å²) in [4.78, 5) is 57.3. The standard InChI is InChI=1S/C36H38F17N3O6/c1-4-55-25(58)22-23(26(55)59)28(2,56(21(57)17-54-19-9-6-5-7-10-19)24(22)18-11-13-20(61-3)14-12-18)27(60)62-16-8-15-29(37,38)30(39,40)31(41,42)32(43,44)33(45,46)34(47,48)35(49,50)36(51,52)53/h11-14,19,22-24,54H,4-10,15-17H2,1-3H3/t22-,23-,24-,28-/m1/s1. The third-order valence-corrected chi connectivity index (χ3v) is 11.4. The number of ether oxygens (including phenoxy) is 2. The number of rotatable bonds is 17. The molecule has 0 radical (unpaired) electrons. The average molecular weight is 932 g/mol. The summed E-state index contributed by atoms with van der Waals surface area (Å²) in [6, 6.07) is 3.95. The van der Waals surface area contributed by atoms with Gasteiger partial charge in [0.1, 0.15) is 5.75 Å². The molecule has 3 amide bonds. The smallest absolute Gasteiger partial charge is 0.460 e. The topological polar surface area (TPSA) is 105 Å². The Hall–Kier alpha value is -4.13. The zero-order valence-electron chi connectivity index (χ0n) is 32.5. The highest BCUT2D eigenvalue weighted by Gasteiger charge is 2.95. The summed E-state index contributed by atoms with van der Waals surface area (Å²) < 4.78 is 244. The number of hydrogen-bond acceptors (Lipinski definition) is 7. The number of likely N-dealkylation sites (tertiary alicyclic amines) is 2. The molecule has 1 aromatic rings. The summed E-state index contributed by atoms with van der Waals surface area (Å²) in [5.41, 5.74) is -2.40. The van der Waals surface area contributed by atoms with Crippen LogP contribution in [0.5, 0.6) is 5.75 Å². The van der Waals surface area contributed by atoms with Gasteiger partial charge < -0.3 is 19.7 Å². The van der Waals surface area contributed by atoms with E-state index in [1.54, 1.807) is 0 Å². The molecule has 3 aliphatic rings. The number of esters is 1. The largest absolute Gasteiger partial charge is 0.497 e. The molecule has 2 heterocycles. The molecule has 1 N–H and O–H groups in total. The first-order valence-corrected chi connectivity index (χ1v) is 18.6. The monoisotopic (exact) mass is 931 g/mol. The molecule has 4 rings (SSSR count). The number of benzene rings is 1. The van der Waals surface area contributed by atoms with E-state index in [0.717, 1.165) is 36.0 Å². The van der Waals surface area contributed by atoms with Crippen molar-refractivity contribution in [1.29, 1.82) is 0 Å². The minimum absolute atomic E-state index is 0.160. The Bertz CT molecular complexity index is 1840. The second-order valence-corrected chi connectivity index (χ2v) is 15.2. The van der Waals surface area contributed by atoms with E-state index in [1.165, 1.54) is 38.3 Å². The molecule has 0 aromatic heterocycles. The number of carbonyl (C=O) groups excluding carboxylic acids is 4. The van der Waals surface area contributed by atoms with Crippen LogP contribution in [0, 0.1) is 11.8 Å². The summed E-state index contributed by atoms with van der Waals surface area (Å²) >= 11 is 0. The number of nitrogens with zero attached hydrogens (tertiary/aromatic N) is 2. The van der Waals surface area contributed by atoms with E-state index in [0.29, 0.717) is 12.8 Å². The first kappa shape index (κ1) is 50.5. The van der Waals surface area contributed by atoms with Gasteiger partial charge in [-0.3, -0.25) is 19.3 Å². The van der Waals surface area contributed by atoms with Crippen LogP contribution in [0.15, 0.2) is 24.3 Å². The zero-order chi connectivity index (χ0) is 47.4. The lowest BCUT2D eigenvalue weighted by Crippen LogP contribution is -2.74. The van der Waals surface area contributed by atoms with Crippen LogP contribution in [-0.2, 0) is 23.9 Å². The average Bonchev–Trinajstić information content (AvgIpc) is 3.62. The van der Waals surface area contributed by atoms with Crippen LogP contribution >= 0.6 is 0 Å². The lowest BCUT2D eigenvalue weighted by molar-refractivity contribution is -0.461. The van der Waals surface area contributed by atoms with E-state index in [1.807, 2.05) is 0 Å². The molecule has 1 aliphatic carbocycles. The van der Waals surface area contributed by atoms with Gasteiger partial charge in [-0.2, -0.15) is 74.6 Å². The Labute approximate surface area is 340 Å². The fourth-order valence-corrected chi connectivity index (χ4v) is 7.95. The Morgan fingerprint density at radius 2 is 1.24 bits per heavy atom. The molecule has 2 aliphatic heterocycles. The predicted octanol–water partition coefficient (Wildman–Crippen LogP) is 8.21. The number of imide groups is 1. The van der Waals surface area contributed by atoms with Gasteiger partial charge >= 0.3 is 53.6 Å². The predicted molar refractivity (Wildman–Crippen MR) is 176 cm³/mol. The molecule has 0 unspecified atom stereocenters. The number of fused-ring (bicyclic) bond motifs is 1. The van der Waals surface area contributed by atoms with E-state index >= 15 is 0 Å². The number of amides is 3. The van der Waals surface area contributed by atoms with Crippen molar-refractivity contribution >= 4 is 23.7 Å². The van der Waals surface area contributed by atoms with Gasteiger partial charge in [-0.1, -0.05) is 31.4 Å². The number of halogens is 17. The van der Waals surface area contributed by atoms with Crippen LogP contribution in [-0.4, -0.2) is 120 Å². The van der Waals surface area contributed by atoms with E-state index in [4.69, 9.17) is 9.47 Å². The van der Waals surface area contributed by atoms with Crippen molar-refractivity contribution in [1.82, 2.24) is 15.1 Å². The van der Waals surface area contributed by atoms with E-state index in [9.17, 15) is 93.8 Å². The molecule has 3 fully saturated rings. The number of carbonyl (C=O) groups is 4. The molecular formula is C36H38F17N3O6. The molecule has 0 bridgehead atoms. The maximum atomic E-state index is 14.7. The molecule has 352 valence electrons. The lowest BCUT2D eigenvalue weighted by atomic mass is 9.80. The number of alkyl halides is 17. The molecule has 62 heavy (non-hydrogen) atoms. The van der Waals surface area contributed by atoms with Gasteiger partial charge in [-0.15, -0.1) is 0 Å². The van der Waals surface area contributed by atoms with Gasteiger partial charge in [-0.05, 0) is 50.8 Å². The van der Waals surface area contributed by atoms with Crippen LogP contribution in [0.25, 0.3) is 0 Å². The highest BCUT2D eigenvalue weighted by atomic mass is 19.4. The summed E-state index contributed by atoms with van der Waals surface area (Å²) in [7, 11) is 1.31. The van der Waals surface area contributed by atoms with Crippen molar-refractivity contribution in [3.05, 3.63) is 29.8 Å². The van der Waals surface area contributed by atoms with E-state index in [2.05, 4.69) is 5.32 Å². The van der Waals surface area contributed by atoms with Gasteiger partial charge in [0.15, 0.2) is 5.54 Å². The molecular weight excluding hydrogens is 893 g/mol. The van der Waals surface area contributed by atoms with Gasteiger partial charge in [0.2, 0.25) is 17.7 Å². The fraction of sp³-hybridized carbons (Fsp3) is 0.722. The van der Waals surface area contributed by atoms with Gasteiger partial charge in [-0.25, -0.2) is 4.79 Å². The number of hydrogen-bond donors (Lipinski definition) is 1. The van der Waals surface area contributed by atoms with E-state index in [-0.39, 0.29) is 23.9 Å². The third kappa shape index (κ3) is 7.69. The summed E-state index contributed by atoms with van der Waals surface area (Å²) in [5.74, 6) is -65.1. The van der Waals surface area contributed by atoms with Crippen molar-refractivity contribution in [2.24, 2.45) is 11.8 Å². The number of methoxy groups -OCH3 is 1. The molecule has 9 nitrogen and oxygen atoms in total. The summed E-state index contributed by atoms with van der Waals surface area (Å²) in [6.07, 6.45) is -8.79. The van der Waals surface area contributed by atoms with Gasteiger partial charge in [0.25, 0.3) is 0 Å². The molecule has 4 atom stereocenters. The molecule has 1 saturated carbocycles. The summed E-state index contributed by atoms with van der Waals surface area (Å²) in [5, 5.41) is 3.02. The third-order valence-electron chi connectivity index (χ3n) is 11.4. The summed E-state index contributed by atoms with van der Waals surface area (Å²) in [6.45, 7) is -0.0580. The Morgan fingerprint density at radius 3 is 1.73 bits per heavy atom. The molecule has 2 saturated heterocycles. The second-order valence-electron chi connectivity index (χ2n) is 15.2. The zero-order valence-corrected chi connectivity index (χ0v) is 32.5. The van der Waals surface area contributed by atoms with Crippen LogP contribution < -0.4 is 10.1 Å². The van der Waals surface area contributed by atoms with Crippen LogP contribution in [0.1, 0.15) is 70.4 Å². The minimum Gasteiger partial charge on any atom is -0.497 e. The first-order valence-electron chi connectivity index (χ1n) is 18.6. The Kier molecular flexibility index (Phi) is 13.7. The SMILES string of the molecule is CCN1C(=O)[C@H]2[C@@H](c3ccc(OC)cc3)N(C(=O)CNC3CCCCC3)[C@@](C)(C(=O)OCCCC(F)(F)C(F)(F)C(F)(F)C(F)(F)C(F)(F)C(F)(F)C(F)(F)C(F)(F)F)[C@H]2C1=O. The Balaban J connectivity index is 1.64. The lowest BCUT2D eigenvalue weighted by Gasteiger charge is -2.42. The van der Waals surface area contributed by atoms with Crippen molar-refractivity contribution in [2.75, 3.05) is 26.8 Å². The number of nitrogens with one attached hydrogen (secondary N) is 1.